The molecule has 1 aromatic rings. The largest absolute Gasteiger partial charge is 0.356 e. The highest BCUT2D eigenvalue weighted by Crippen LogP contribution is 2.19. The van der Waals surface area contributed by atoms with Gasteiger partial charge in [-0.05, 0) is 44.2 Å². The van der Waals surface area contributed by atoms with Crippen LogP contribution in [0.1, 0.15) is 50.6 Å². The normalized spacial score (nSPS) is 14.0. The van der Waals surface area contributed by atoms with Crippen molar-refractivity contribution in [1.82, 2.24) is 15.6 Å². The van der Waals surface area contributed by atoms with Crippen LogP contribution in [-0.4, -0.2) is 23.3 Å². The third-order valence-corrected chi connectivity index (χ3v) is 3.93. The minimum absolute atomic E-state index is 0.0607. The van der Waals surface area contributed by atoms with Crippen LogP contribution in [0.2, 0.25) is 0 Å². The number of hydrogen-bond acceptors (Lipinski definition) is 3. The number of aromatic nitrogens is 1. The minimum atomic E-state index is -0.124. The third-order valence-electron chi connectivity index (χ3n) is 3.93. The molecular formula is C18H25N3O2. The number of carbonyl (C=O) groups is 2. The van der Waals surface area contributed by atoms with Crippen LogP contribution in [0.5, 0.6) is 0 Å². The molecular weight excluding hydrogens is 290 g/mol. The number of carbonyl (C=O) groups excluding carboxylic acids is 2. The van der Waals surface area contributed by atoms with Gasteiger partial charge in [-0.1, -0.05) is 17.7 Å². The molecule has 1 aromatic heterocycles. The van der Waals surface area contributed by atoms with Crippen LogP contribution in [0.15, 0.2) is 36.0 Å². The summed E-state index contributed by atoms with van der Waals surface area (Å²) >= 11 is 0. The fraction of sp³-hybridized carbons (Fsp3) is 0.500. The minimum Gasteiger partial charge on any atom is -0.356 e. The molecule has 2 amide bonds. The van der Waals surface area contributed by atoms with Crippen LogP contribution in [0, 0.1) is 0 Å². The highest BCUT2D eigenvalue weighted by molar-refractivity contribution is 5.83. The standard InChI is InChI=1S/C18H25N3O2/c22-17(20-13-11-15-6-2-1-3-7-15)9-10-18(23)21-14-16-8-4-5-12-19-16/h4-6,8,12H,1-3,7,9-11,13-14H2,(H,20,22)(H,21,23). The van der Waals surface area contributed by atoms with Crippen molar-refractivity contribution in [2.75, 3.05) is 6.54 Å². The molecule has 124 valence electrons. The monoisotopic (exact) mass is 315 g/mol. The van der Waals surface area contributed by atoms with Crippen LogP contribution in [-0.2, 0) is 16.1 Å². The molecule has 0 radical (unpaired) electrons. The Hall–Kier alpha value is -2.17. The first kappa shape index (κ1) is 17.2. The number of nitrogens with one attached hydrogen (secondary N) is 2. The van der Waals surface area contributed by atoms with Crippen molar-refractivity contribution in [3.63, 3.8) is 0 Å². The first-order valence-electron chi connectivity index (χ1n) is 8.35. The predicted octanol–water partition coefficient (Wildman–Crippen LogP) is 2.48. The van der Waals surface area contributed by atoms with E-state index < -0.39 is 0 Å². The lowest BCUT2D eigenvalue weighted by molar-refractivity contribution is -0.126. The average Bonchev–Trinajstić information content (AvgIpc) is 2.60. The van der Waals surface area contributed by atoms with Crippen molar-refractivity contribution >= 4 is 11.8 Å². The van der Waals surface area contributed by atoms with Gasteiger partial charge in [0, 0.05) is 25.6 Å². The maximum absolute atomic E-state index is 11.7. The fourth-order valence-corrected chi connectivity index (χ4v) is 2.59. The van der Waals surface area contributed by atoms with Gasteiger partial charge in [0.2, 0.25) is 11.8 Å². The molecule has 0 aromatic carbocycles. The topological polar surface area (TPSA) is 71.1 Å². The second-order valence-corrected chi connectivity index (χ2v) is 5.81. The van der Waals surface area contributed by atoms with Gasteiger partial charge in [-0.15, -0.1) is 0 Å². The number of rotatable bonds is 8. The second-order valence-electron chi connectivity index (χ2n) is 5.81. The number of allylic oxidation sites excluding steroid dienone is 1. The van der Waals surface area contributed by atoms with Gasteiger partial charge < -0.3 is 10.6 Å². The predicted molar refractivity (Wildman–Crippen MR) is 89.5 cm³/mol. The first-order valence-corrected chi connectivity index (χ1v) is 8.35. The summed E-state index contributed by atoms with van der Waals surface area (Å²) in [5, 5.41) is 5.66. The zero-order valence-corrected chi connectivity index (χ0v) is 13.5. The van der Waals surface area contributed by atoms with E-state index in [0.717, 1.165) is 18.5 Å². The molecule has 5 nitrogen and oxygen atoms in total. The van der Waals surface area contributed by atoms with Crippen molar-refractivity contribution in [3.8, 4) is 0 Å². The van der Waals surface area contributed by atoms with Crippen molar-refractivity contribution < 1.29 is 9.59 Å². The average molecular weight is 315 g/mol. The summed E-state index contributed by atoms with van der Waals surface area (Å²) in [6, 6.07) is 5.57. The van der Waals surface area contributed by atoms with Crippen LogP contribution in [0.3, 0.4) is 0 Å². The van der Waals surface area contributed by atoms with Crippen LogP contribution in [0.25, 0.3) is 0 Å². The van der Waals surface area contributed by atoms with Gasteiger partial charge in [0.25, 0.3) is 0 Å². The van der Waals surface area contributed by atoms with Crippen LogP contribution >= 0.6 is 0 Å². The van der Waals surface area contributed by atoms with Crippen molar-refractivity contribution in [2.45, 2.75) is 51.5 Å². The molecule has 5 heteroatoms. The van der Waals surface area contributed by atoms with Crippen molar-refractivity contribution in [1.29, 1.82) is 0 Å². The van der Waals surface area contributed by atoms with Gasteiger partial charge in [0.05, 0.1) is 12.2 Å². The Labute approximate surface area is 137 Å². The van der Waals surface area contributed by atoms with Crippen molar-refractivity contribution in [2.24, 2.45) is 0 Å². The van der Waals surface area contributed by atoms with Crippen LogP contribution < -0.4 is 10.6 Å². The van der Waals surface area contributed by atoms with Gasteiger partial charge in [-0.3, -0.25) is 14.6 Å². The molecule has 0 saturated carbocycles. The van der Waals surface area contributed by atoms with Gasteiger partial charge >= 0.3 is 0 Å². The molecule has 1 aliphatic carbocycles. The van der Waals surface area contributed by atoms with E-state index >= 15 is 0 Å². The summed E-state index contributed by atoms with van der Waals surface area (Å²) in [4.78, 5) is 27.6. The molecule has 0 bridgehead atoms. The number of hydrogen-bond donors (Lipinski definition) is 2. The lowest BCUT2D eigenvalue weighted by Gasteiger charge is -2.12. The first-order chi connectivity index (χ1) is 11.2. The lowest BCUT2D eigenvalue weighted by Crippen LogP contribution is -2.28. The summed E-state index contributed by atoms with van der Waals surface area (Å²) in [7, 11) is 0. The zero-order chi connectivity index (χ0) is 16.3. The summed E-state index contributed by atoms with van der Waals surface area (Å²) in [5.41, 5.74) is 2.26. The Morgan fingerprint density at radius 2 is 1.91 bits per heavy atom. The van der Waals surface area contributed by atoms with Gasteiger partial charge in [-0.2, -0.15) is 0 Å². The highest BCUT2D eigenvalue weighted by atomic mass is 16.2. The molecule has 0 fully saturated rings. The smallest absolute Gasteiger partial charge is 0.220 e. The Balaban J connectivity index is 1.54. The van der Waals surface area contributed by atoms with Gasteiger partial charge in [0.15, 0.2) is 0 Å². The van der Waals surface area contributed by atoms with E-state index in [1.807, 2.05) is 18.2 Å². The Morgan fingerprint density at radius 3 is 2.61 bits per heavy atom. The maximum Gasteiger partial charge on any atom is 0.220 e. The van der Waals surface area contributed by atoms with Crippen molar-refractivity contribution in [3.05, 3.63) is 41.7 Å². The SMILES string of the molecule is O=C(CCC(=O)NCc1ccccn1)NCCC1=CCCCC1. The van der Waals surface area contributed by atoms with Gasteiger partial charge in [0.1, 0.15) is 0 Å². The van der Waals surface area contributed by atoms with E-state index in [1.54, 1.807) is 6.20 Å². The highest BCUT2D eigenvalue weighted by Gasteiger charge is 2.08. The summed E-state index contributed by atoms with van der Waals surface area (Å²) in [6.07, 6.45) is 10.2. The number of pyridine rings is 1. The molecule has 0 saturated heterocycles. The molecule has 0 atom stereocenters. The molecule has 2 N–H and O–H groups in total. The van der Waals surface area contributed by atoms with Gasteiger partial charge in [-0.25, -0.2) is 0 Å². The summed E-state index contributed by atoms with van der Waals surface area (Å²) < 4.78 is 0. The molecule has 0 aliphatic heterocycles. The molecule has 1 heterocycles. The quantitative estimate of drug-likeness (QED) is 0.724. The molecule has 2 rings (SSSR count). The Kier molecular flexibility index (Phi) is 7.30. The van der Waals surface area contributed by atoms with Crippen LogP contribution in [0.4, 0.5) is 0 Å². The lowest BCUT2D eigenvalue weighted by atomic mass is 9.97. The fourth-order valence-electron chi connectivity index (χ4n) is 2.59. The van der Waals surface area contributed by atoms with E-state index in [2.05, 4.69) is 21.7 Å². The van der Waals surface area contributed by atoms with E-state index in [9.17, 15) is 9.59 Å². The van der Waals surface area contributed by atoms with E-state index in [0.29, 0.717) is 13.1 Å². The number of amides is 2. The maximum atomic E-state index is 11.7. The summed E-state index contributed by atoms with van der Waals surface area (Å²) in [6.45, 7) is 1.07. The summed E-state index contributed by atoms with van der Waals surface area (Å²) in [5.74, 6) is -0.185. The molecule has 0 spiro atoms. The number of nitrogens with zero attached hydrogens (tertiary/aromatic N) is 1. The zero-order valence-electron chi connectivity index (χ0n) is 13.5. The van der Waals surface area contributed by atoms with E-state index in [4.69, 9.17) is 0 Å². The van der Waals surface area contributed by atoms with E-state index in [1.165, 1.54) is 24.8 Å². The van der Waals surface area contributed by atoms with E-state index in [-0.39, 0.29) is 24.7 Å². The molecule has 1 aliphatic rings. The Morgan fingerprint density at radius 1 is 1.09 bits per heavy atom. The third kappa shape index (κ3) is 7.08. The Bertz CT molecular complexity index is 540. The molecule has 23 heavy (non-hydrogen) atoms. The second kappa shape index (κ2) is 9.77. The molecule has 0 unspecified atom stereocenters.